The Hall–Kier alpha value is -1.90. The number of ether oxygens (including phenoxy) is 2. The van der Waals surface area contributed by atoms with Crippen molar-refractivity contribution in [1.29, 1.82) is 0 Å². The Labute approximate surface area is 142 Å². The van der Waals surface area contributed by atoms with Crippen LogP contribution in [0.15, 0.2) is 23.1 Å². The van der Waals surface area contributed by atoms with Gasteiger partial charge >= 0.3 is 0 Å². The van der Waals surface area contributed by atoms with Crippen molar-refractivity contribution < 1.29 is 18.5 Å². The molecule has 1 aromatic heterocycles. The highest BCUT2D eigenvalue weighted by molar-refractivity contribution is 7.83. The molecule has 1 aliphatic heterocycles. The molecule has 1 unspecified atom stereocenters. The normalized spacial score (nSPS) is 17.0. The summed E-state index contributed by atoms with van der Waals surface area (Å²) in [5, 5.41) is 0.697. The zero-order valence-electron chi connectivity index (χ0n) is 13.5. The lowest BCUT2D eigenvalue weighted by Crippen LogP contribution is -2.38. The minimum Gasteiger partial charge on any atom is -0.494 e. The van der Waals surface area contributed by atoms with E-state index < -0.39 is 16.9 Å². The number of nitrogens with zero attached hydrogens (tertiary/aromatic N) is 1. The number of primary amides is 1. The van der Waals surface area contributed by atoms with E-state index in [1.165, 1.54) is 0 Å². The van der Waals surface area contributed by atoms with Crippen molar-refractivity contribution in [3.8, 4) is 5.75 Å². The lowest BCUT2D eigenvalue weighted by atomic mass is 10.2. The van der Waals surface area contributed by atoms with Crippen LogP contribution >= 0.6 is 0 Å². The largest absolute Gasteiger partial charge is 0.494 e. The topological polar surface area (TPSA) is 97.7 Å². The third-order valence-electron chi connectivity index (χ3n) is 3.82. The van der Waals surface area contributed by atoms with Crippen molar-refractivity contribution in [1.82, 2.24) is 9.29 Å². The van der Waals surface area contributed by atoms with Gasteiger partial charge in [0.1, 0.15) is 22.4 Å². The van der Waals surface area contributed by atoms with Crippen LogP contribution in [0.25, 0.3) is 10.9 Å². The van der Waals surface area contributed by atoms with Crippen molar-refractivity contribution in [2.45, 2.75) is 18.2 Å². The quantitative estimate of drug-likeness (QED) is 0.822. The molecule has 0 bridgehead atoms. The number of benzene rings is 1. The first kappa shape index (κ1) is 16.9. The van der Waals surface area contributed by atoms with Gasteiger partial charge in [-0.15, -0.1) is 0 Å². The van der Waals surface area contributed by atoms with E-state index in [1.54, 1.807) is 4.31 Å². The van der Waals surface area contributed by atoms with Crippen LogP contribution in [0.2, 0.25) is 0 Å². The van der Waals surface area contributed by atoms with Crippen molar-refractivity contribution in [2.75, 3.05) is 32.9 Å². The van der Waals surface area contributed by atoms with Crippen molar-refractivity contribution in [3.05, 3.63) is 23.9 Å². The van der Waals surface area contributed by atoms with Crippen molar-refractivity contribution in [3.63, 3.8) is 0 Å². The molecule has 3 N–H and O–H groups in total. The number of H-pyrrole nitrogens is 1. The highest BCUT2D eigenvalue weighted by atomic mass is 32.2. The second kappa shape index (κ2) is 7.33. The molecule has 0 radical (unpaired) electrons. The molecule has 3 rings (SSSR count). The van der Waals surface area contributed by atoms with Crippen LogP contribution in [0.4, 0.5) is 0 Å². The van der Waals surface area contributed by atoms with Crippen LogP contribution in [0.1, 0.15) is 23.8 Å². The molecule has 1 saturated heterocycles. The molecule has 0 aliphatic carbocycles. The summed E-state index contributed by atoms with van der Waals surface area (Å²) in [4.78, 5) is 15.2. The molecule has 2 aromatic rings. The van der Waals surface area contributed by atoms with E-state index in [1.807, 2.05) is 25.1 Å². The van der Waals surface area contributed by atoms with Gasteiger partial charge in [-0.25, -0.2) is 8.51 Å². The number of hydrogen-bond donors (Lipinski definition) is 2. The number of hydrogen-bond acceptors (Lipinski definition) is 4. The van der Waals surface area contributed by atoms with E-state index in [9.17, 15) is 9.00 Å². The molecule has 1 aliphatic rings. The first-order valence-electron chi connectivity index (χ1n) is 7.94. The van der Waals surface area contributed by atoms with Crippen molar-refractivity contribution >= 4 is 27.8 Å². The second-order valence-corrected chi connectivity index (χ2v) is 6.96. The number of aromatic amines is 1. The van der Waals surface area contributed by atoms with Gasteiger partial charge in [0.15, 0.2) is 0 Å². The zero-order chi connectivity index (χ0) is 17.1. The summed E-state index contributed by atoms with van der Waals surface area (Å²) < 4.78 is 25.8. The number of morpholine rings is 1. The van der Waals surface area contributed by atoms with Crippen LogP contribution < -0.4 is 10.5 Å². The fourth-order valence-corrected chi connectivity index (χ4v) is 4.07. The van der Waals surface area contributed by atoms with E-state index in [0.29, 0.717) is 54.5 Å². The van der Waals surface area contributed by atoms with Gasteiger partial charge in [-0.3, -0.25) is 4.79 Å². The molecule has 1 atom stereocenters. The standard InChI is InChI=1S/C16H21N3O4S/c1-2-7-23-11-3-4-13-12(10-11)15(14(18-13)16(17)20)24(21)19-5-8-22-9-6-19/h3-4,10,18H,2,5-9H2,1H3,(H2,17,20). The van der Waals surface area contributed by atoms with Gasteiger partial charge in [0, 0.05) is 24.0 Å². The van der Waals surface area contributed by atoms with E-state index in [4.69, 9.17) is 15.2 Å². The highest BCUT2D eigenvalue weighted by Gasteiger charge is 2.26. The summed E-state index contributed by atoms with van der Waals surface area (Å²) in [6.07, 6.45) is 0.893. The minimum atomic E-state index is -1.49. The number of fused-ring (bicyclic) bond motifs is 1. The molecule has 7 nitrogen and oxygen atoms in total. The third-order valence-corrected chi connectivity index (χ3v) is 5.43. The molecule has 1 aromatic carbocycles. The summed E-state index contributed by atoms with van der Waals surface area (Å²) in [6, 6.07) is 5.44. The van der Waals surface area contributed by atoms with Gasteiger partial charge in [-0.1, -0.05) is 6.92 Å². The Morgan fingerprint density at radius 2 is 2.17 bits per heavy atom. The van der Waals surface area contributed by atoms with E-state index >= 15 is 0 Å². The summed E-state index contributed by atoms with van der Waals surface area (Å²) >= 11 is 0. The molecule has 2 heterocycles. The van der Waals surface area contributed by atoms with Crippen LogP contribution in [0.3, 0.4) is 0 Å². The number of rotatable bonds is 6. The molecule has 1 fully saturated rings. The summed E-state index contributed by atoms with van der Waals surface area (Å²) in [7, 11) is -1.49. The van der Waals surface area contributed by atoms with Gasteiger partial charge in [0.2, 0.25) is 0 Å². The maximum absolute atomic E-state index is 13.0. The second-order valence-electron chi connectivity index (χ2n) is 5.54. The molecular formula is C16H21N3O4S. The monoisotopic (exact) mass is 351 g/mol. The predicted molar refractivity (Wildman–Crippen MR) is 91.4 cm³/mol. The van der Waals surface area contributed by atoms with E-state index in [2.05, 4.69) is 4.98 Å². The van der Waals surface area contributed by atoms with Gasteiger partial charge in [0.25, 0.3) is 5.91 Å². The van der Waals surface area contributed by atoms with Gasteiger partial charge < -0.3 is 20.2 Å². The van der Waals surface area contributed by atoms with Crippen LogP contribution in [-0.4, -0.2) is 52.3 Å². The van der Waals surface area contributed by atoms with Gasteiger partial charge in [0.05, 0.1) is 24.7 Å². The zero-order valence-corrected chi connectivity index (χ0v) is 14.4. The Kier molecular flexibility index (Phi) is 5.17. The predicted octanol–water partition coefficient (Wildman–Crippen LogP) is 1.41. The van der Waals surface area contributed by atoms with Gasteiger partial charge in [-0.05, 0) is 24.6 Å². The van der Waals surface area contributed by atoms with Crippen LogP contribution in [0.5, 0.6) is 5.75 Å². The fraction of sp³-hybridized carbons (Fsp3) is 0.438. The molecule has 0 saturated carbocycles. The maximum Gasteiger partial charge on any atom is 0.266 e. The number of nitrogens with two attached hydrogens (primary N) is 1. The highest BCUT2D eigenvalue weighted by Crippen LogP contribution is 2.30. The first-order chi connectivity index (χ1) is 11.6. The first-order valence-corrected chi connectivity index (χ1v) is 9.05. The SMILES string of the molecule is CCCOc1ccc2[nH]c(C(N)=O)c(S(=O)N3CCOCC3)c2c1. The van der Waals surface area contributed by atoms with E-state index in [0.717, 1.165) is 6.42 Å². The molecule has 8 heteroatoms. The summed E-state index contributed by atoms with van der Waals surface area (Å²) in [5.74, 6) is 0.0541. The molecule has 24 heavy (non-hydrogen) atoms. The van der Waals surface area contributed by atoms with Gasteiger partial charge in [-0.2, -0.15) is 0 Å². The Morgan fingerprint density at radius 1 is 1.42 bits per heavy atom. The third kappa shape index (κ3) is 3.31. The Morgan fingerprint density at radius 3 is 2.83 bits per heavy atom. The lowest BCUT2D eigenvalue weighted by molar-refractivity contribution is 0.0752. The average molecular weight is 351 g/mol. The Balaban J connectivity index is 2.05. The number of aromatic nitrogens is 1. The average Bonchev–Trinajstić information content (AvgIpc) is 2.99. The Bertz CT molecular complexity index is 768. The molecular weight excluding hydrogens is 330 g/mol. The molecule has 1 amide bonds. The number of carbonyl (C=O) groups excluding carboxylic acids is 1. The number of amides is 1. The maximum atomic E-state index is 13.0. The number of carbonyl (C=O) groups is 1. The van der Waals surface area contributed by atoms with Crippen LogP contribution in [0, 0.1) is 0 Å². The lowest BCUT2D eigenvalue weighted by Gasteiger charge is -2.25. The minimum absolute atomic E-state index is 0.183. The summed E-state index contributed by atoms with van der Waals surface area (Å²) in [5.41, 5.74) is 6.38. The smallest absolute Gasteiger partial charge is 0.266 e. The molecule has 0 spiro atoms. The summed E-state index contributed by atoms with van der Waals surface area (Å²) in [6.45, 7) is 4.75. The fourth-order valence-electron chi connectivity index (χ4n) is 2.65. The van der Waals surface area contributed by atoms with Crippen LogP contribution in [-0.2, 0) is 15.7 Å². The van der Waals surface area contributed by atoms with E-state index in [-0.39, 0.29) is 5.69 Å². The van der Waals surface area contributed by atoms with Crippen molar-refractivity contribution in [2.24, 2.45) is 5.73 Å². The molecule has 130 valence electrons. The number of nitrogens with one attached hydrogen (secondary N) is 1.